The maximum atomic E-state index is 13.5. The van der Waals surface area contributed by atoms with Crippen LogP contribution in [-0.4, -0.2) is 23.2 Å². The SMILES string of the molecule is COc1ncccc1COc1cccc(F)c1C(=O)O. The smallest absolute Gasteiger partial charge is 0.342 e. The Morgan fingerprint density at radius 2 is 2.15 bits per heavy atom. The van der Waals surface area contributed by atoms with Crippen LogP contribution in [0.3, 0.4) is 0 Å². The molecule has 2 aromatic rings. The van der Waals surface area contributed by atoms with E-state index in [0.717, 1.165) is 6.07 Å². The zero-order valence-electron chi connectivity index (χ0n) is 10.7. The zero-order chi connectivity index (χ0) is 14.5. The summed E-state index contributed by atoms with van der Waals surface area (Å²) < 4.78 is 23.9. The molecule has 104 valence electrons. The van der Waals surface area contributed by atoms with Gasteiger partial charge in [-0.15, -0.1) is 0 Å². The second-order valence-corrected chi connectivity index (χ2v) is 3.88. The number of aromatic nitrogens is 1. The topological polar surface area (TPSA) is 68.7 Å². The van der Waals surface area contributed by atoms with Crippen LogP contribution in [0.2, 0.25) is 0 Å². The Balaban J connectivity index is 2.23. The normalized spacial score (nSPS) is 10.1. The summed E-state index contributed by atoms with van der Waals surface area (Å²) >= 11 is 0. The van der Waals surface area contributed by atoms with Gasteiger partial charge in [0.1, 0.15) is 23.7 Å². The molecule has 1 aromatic carbocycles. The van der Waals surface area contributed by atoms with Crippen LogP contribution in [0, 0.1) is 5.82 Å². The second-order valence-electron chi connectivity index (χ2n) is 3.88. The molecule has 0 fully saturated rings. The highest BCUT2D eigenvalue weighted by molar-refractivity contribution is 5.91. The van der Waals surface area contributed by atoms with Gasteiger partial charge in [-0.1, -0.05) is 6.07 Å². The van der Waals surface area contributed by atoms with E-state index < -0.39 is 17.3 Å². The molecule has 0 aliphatic carbocycles. The van der Waals surface area contributed by atoms with Crippen LogP contribution in [0.1, 0.15) is 15.9 Å². The van der Waals surface area contributed by atoms with Gasteiger partial charge >= 0.3 is 5.97 Å². The number of benzene rings is 1. The third-order valence-electron chi connectivity index (χ3n) is 2.62. The third-order valence-corrected chi connectivity index (χ3v) is 2.62. The third kappa shape index (κ3) is 2.85. The van der Waals surface area contributed by atoms with Gasteiger partial charge in [0.15, 0.2) is 0 Å². The van der Waals surface area contributed by atoms with Gasteiger partial charge in [0.05, 0.1) is 12.7 Å². The fraction of sp³-hybridized carbons (Fsp3) is 0.143. The molecule has 0 saturated carbocycles. The monoisotopic (exact) mass is 277 g/mol. The van der Waals surface area contributed by atoms with E-state index in [2.05, 4.69) is 4.98 Å². The number of pyridine rings is 1. The van der Waals surface area contributed by atoms with E-state index in [1.807, 2.05) is 0 Å². The fourth-order valence-corrected chi connectivity index (χ4v) is 1.71. The fourth-order valence-electron chi connectivity index (χ4n) is 1.71. The van der Waals surface area contributed by atoms with Crippen molar-refractivity contribution in [3.05, 3.63) is 53.5 Å². The Morgan fingerprint density at radius 3 is 2.85 bits per heavy atom. The largest absolute Gasteiger partial charge is 0.488 e. The number of carbonyl (C=O) groups is 1. The highest BCUT2D eigenvalue weighted by atomic mass is 19.1. The predicted octanol–water partition coefficient (Wildman–Crippen LogP) is 2.51. The number of rotatable bonds is 5. The summed E-state index contributed by atoms with van der Waals surface area (Å²) in [5.74, 6) is -1.88. The number of carboxylic acids is 1. The maximum absolute atomic E-state index is 13.5. The summed E-state index contributed by atoms with van der Waals surface area (Å²) in [7, 11) is 1.47. The summed E-state index contributed by atoms with van der Waals surface area (Å²) in [6.07, 6.45) is 1.56. The first-order valence-corrected chi connectivity index (χ1v) is 5.76. The summed E-state index contributed by atoms with van der Waals surface area (Å²) in [4.78, 5) is 15.0. The Bertz CT molecular complexity index is 630. The molecule has 0 unspecified atom stereocenters. The minimum Gasteiger partial charge on any atom is -0.488 e. The lowest BCUT2D eigenvalue weighted by Crippen LogP contribution is -2.07. The average molecular weight is 277 g/mol. The quantitative estimate of drug-likeness (QED) is 0.909. The molecular weight excluding hydrogens is 265 g/mol. The van der Waals surface area contributed by atoms with Crippen molar-refractivity contribution < 1.29 is 23.8 Å². The second kappa shape index (κ2) is 6.01. The number of methoxy groups -OCH3 is 1. The van der Waals surface area contributed by atoms with Crippen molar-refractivity contribution in [3.63, 3.8) is 0 Å². The molecule has 0 atom stereocenters. The van der Waals surface area contributed by atoms with Gasteiger partial charge in [0.2, 0.25) is 5.88 Å². The van der Waals surface area contributed by atoms with Crippen molar-refractivity contribution in [1.82, 2.24) is 4.98 Å². The van der Waals surface area contributed by atoms with Gasteiger partial charge in [-0.05, 0) is 24.3 Å². The minimum atomic E-state index is -1.38. The first-order valence-electron chi connectivity index (χ1n) is 5.76. The lowest BCUT2D eigenvalue weighted by atomic mass is 10.2. The number of hydrogen-bond donors (Lipinski definition) is 1. The molecule has 0 aliphatic heterocycles. The number of carboxylic acid groups (broad SMARTS) is 1. The Labute approximate surface area is 114 Å². The lowest BCUT2D eigenvalue weighted by Gasteiger charge is -2.11. The van der Waals surface area contributed by atoms with Crippen molar-refractivity contribution in [2.75, 3.05) is 7.11 Å². The van der Waals surface area contributed by atoms with E-state index in [9.17, 15) is 9.18 Å². The van der Waals surface area contributed by atoms with Gasteiger partial charge in [-0.3, -0.25) is 0 Å². The molecule has 0 saturated heterocycles. The van der Waals surface area contributed by atoms with Crippen molar-refractivity contribution in [1.29, 1.82) is 0 Å². The molecule has 6 heteroatoms. The highest BCUT2D eigenvalue weighted by Crippen LogP contribution is 2.24. The standard InChI is InChI=1S/C14H12FNO4/c1-19-13-9(4-3-7-16-13)8-20-11-6-2-5-10(15)12(11)14(17)18/h2-7H,8H2,1H3,(H,17,18). The molecular formula is C14H12FNO4. The summed E-state index contributed by atoms with van der Waals surface area (Å²) in [5, 5.41) is 8.99. The molecule has 0 bridgehead atoms. The summed E-state index contributed by atoms with van der Waals surface area (Å²) in [6.45, 7) is 0.0285. The van der Waals surface area contributed by atoms with Crippen LogP contribution < -0.4 is 9.47 Å². The molecule has 0 aliphatic rings. The summed E-state index contributed by atoms with van der Waals surface area (Å²) in [6, 6.07) is 7.28. The van der Waals surface area contributed by atoms with Crippen LogP contribution in [0.15, 0.2) is 36.5 Å². The molecule has 0 amide bonds. The molecule has 1 heterocycles. The average Bonchev–Trinajstić information content (AvgIpc) is 2.45. The van der Waals surface area contributed by atoms with Gasteiger partial charge in [0.25, 0.3) is 0 Å². The van der Waals surface area contributed by atoms with Crippen molar-refractivity contribution >= 4 is 5.97 Å². The van der Waals surface area contributed by atoms with E-state index in [1.54, 1.807) is 18.3 Å². The van der Waals surface area contributed by atoms with Crippen LogP contribution in [0.4, 0.5) is 4.39 Å². The Kier molecular flexibility index (Phi) is 4.14. The first kappa shape index (κ1) is 13.8. The molecule has 0 radical (unpaired) electrons. The Morgan fingerprint density at radius 1 is 1.35 bits per heavy atom. The summed E-state index contributed by atoms with van der Waals surface area (Å²) in [5.41, 5.74) is 0.144. The van der Waals surface area contributed by atoms with Crippen LogP contribution in [-0.2, 0) is 6.61 Å². The van der Waals surface area contributed by atoms with Gasteiger partial charge in [-0.25, -0.2) is 14.2 Å². The van der Waals surface area contributed by atoms with Crippen LogP contribution in [0.25, 0.3) is 0 Å². The predicted molar refractivity (Wildman–Crippen MR) is 68.5 cm³/mol. The van der Waals surface area contributed by atoms with E-state index in [0.29, 0.717) is 11.4 Å². The van der Waals surface area contributed by atoms with Crippen LogP contribution in [0.5, 0.6) is 11.6 Å². The molecule has 1 aromatic heterocycles. The number of nitrogens with zero attached hydrogens (tertiary/aromatic N) is 1. The van der Waals surface area contributed by atoms with Crippen molar-refractivity contribution in [2.24, 2.45) is 0 Å². The van der Waals surface area contributed by atoms with Gasteiger partial charge < -0.3 is 14.6 Å². The number of ether oxygens (including phenoxy) is 2. The van der Waals surface area contributed by atoms with E-state index in [-0.39, 0.29) is 12.4 Å². The zero-order valence-corrected chi connectivity index (χ0v) is 10.7. The minimum absolute atomic E-state index is 0.0285. The molecule has 2 rings (SSSR count). The Hall–Kier alpha value is -2.63. The molecule has 0 spiro atoms. The van der Waals surface area contributed by atoms with Gasteiger partial charge in [0, 0.05) is 6.20 Å². The molecule has 5 nitrogen and oxygen atoms in total. The highest BCUT2D eigenvalue weighted by Gasteiger charge is 2.17. The van der Waals surface area contributed by atoms with Crippen molar-refractivity contribution in [2.45, 2.75) is 6.61 Å². The van der Waals surface area contributed by atoms with Gasteiger partial charge in [-0.2, -0.15) is 0 Å². The van der Waals surface area contributed by atoms with E-state index in [1.165, 1.54) is 19.2 Å². The molecule has 1 N–H and O–H groups in total. The number of aromatic carboxylic acids is 1. The first-order chi connectivity index (χ1) is 9.63. The maximum Gasteiger partial charge on any atom is 0.342 e. The molecule has 20 heavy (non-hydrogen) atoms. The number of hydrogen-bond acceptors (Lipinski definition) is 4. The van der Waals surface area contributed by atoms with Crippen molar-refractivity contribution in [3.8, 4) is 11.6 Å². The van der Waals surface area contributed by atoms with Crippen LogP contribution >= 0.6 is 0 Å². The lowest BCUT2D eigenvalue weighted by molar-refractivity contribution is 0.0686. The number of halogens is 1. The van der Waals surface area contributed by atoms with E-state index >= 15 is 0 Å². The van der Waals surface area contributed by atoms with E-state index in [4.69, 9.17) is 14.6 Å².